The highest BCUT2D eigenvalue weighted by molar-refractivity contribution is 9.10. The first kappa shape index (κ1) is 18.2. The number of nitrogens with zero attached hydrogens (tertiary/aromatic N) is 2. The third-order valence-electron chi connectivity index (χ3n) is 4.63. The number of anilines is 1. The van der Waals surface area contributed by atoms with Gasteiger partial charge in [0.25, 0.3) is 0 Å². The number of benzene rings is 2. The van der Waals surface area contributed by atoms with E-state index in [9.17, 15) is 4.79 Å². The summed E-state index contributed by atoms with van der Waals surface area (Å²) >= 11 is 5.03. The Balaban J connectivity index is 1.45. The maximum Gasteiger partial charge on any atom is 0.329 e. The molecule has 1 aliphatic heterocycles. The summed E-state index contributed by atoms with van der Waals surface area (Å²) in [5.41, 5.74) is 3.01. The highest BCUT2D eigenvalue weighted by Gasteiger charge is 2.33. The minimum atomic E-state index is -0.252. The molecule has 1 aromatic heterocycles. The second kappa shape index (κ2) is 8.23. The molecule has 1 unspecified atom stereocenters. The van der Waals surface area contributed by atoms with E-state index in [1.54, 1.807) is 11.3 Å². The van der Waals surface area contributed by atoms with Crippen molar-refractivity contribution in [3.63, 3.8) is 0 Å². The molecule has 6 heteroatoms. The molecular formula is C21H19BrN2O2S. The van der Waals surface area contributed by atoms with Crippen LogP contribution < -0.4 is 4.90 Å². The number of halogens is 1. The second-order valence-electron chi connectivity index (χ2n) is 6.47. The maximum atomic E-state index is 12.6. The molecule has 27 heavy (non-hydrogen) atoms. The molecule has 4 nitrogen and oxygen atoms in total. The molecule has 0 spiro atoms. The van der Waals surface area contributed by atoms with Crippen LogP contribution in [0.2, 0.25) is 0 Å². The van der Waals surface area contributed by atoms with Gasteiger partial charge in [0.1, 0.15) is 12.6 Å². The molecule has 138 valence electrons. The van der Waals surface area contributed by atoms with E-state index < -0.39 is 0 Å². The summed E-state index contributed by atoms with van der Waals surface area (Å²) in [6, 6.07) is 17.6. The minimum absolute atomic E-state index is 0.170. The molecule has 2 heterocycles. The molecule has 1 saturated heterocycles. The number of hydrogen-bond donors (Lipinski definition) is 0. The maximum absolute atomic E-state index is 12.6. The number of esters is 1. The van der Waals surface area contributed by atoms with Crippen molar-refractivity contribution in [3.8, 4) is 11.3 Å². The summed E-state index contributed by atoms with van der Waals surface area (Å²) in [4.78, 5) is 19.5. The number of ether oxygens (including phenoxy) is 1. The summed E-state index contributed by atoms with van der Waals surface area (Å²) < 4.78 is 6.60. The summed E-state index contributed by atoms with van der Waals surface area (Å²) in [6.07, 6.45) is 1.78. The number of aromatic nitrogens is 1. The largest absolute Gasteiger partial charge is 0.459 e. The third-order valence-corrected chi connectivity index (χ3v) is 6.03. The van der Waals surface area contributed by atoms with E-state index in [1.165, 1.54) is 0 Å². The van der Waals surface area contributed by atoms with Gasteiger partial charge < -0.3 is 9.64 Å². The molecule has 0 bridgehead atoms. The Morgan fingerprint density at radius 2 is 1.96 bits per heavy atom. The first-order chi connectivity index (χ1) is 13.2. The molecule has 1 aliphatic rings. The van der Waals surface area contributed by atoms with Gasteiger partial charge in [0.15, 0.2) is 5.13 Å². The Bertz CT molecular complexity index is 911. The fraction of sp³-hybridized carbons (Fsp3) is 0.238. The van der Waals surface area contributed by atoms with Gasteiger partial charge >= 0.3 is 5.97 Å². The van der Waals surface area contributed by atoms with Crippen molar-refractivity contribution in [2.75, 3.05) is 11.4 Å². The summed E-state index contributed by atoms with van der Waals surface area (Å²) in [6.45, 7) is 1.14. The lowest BCUT2D eigenvalue weighted by atomic mass is 10.2. The van der Waals surface area contributed by atoms with Crippen molar-refractivity contribution in [3.05, 3.63) is 70.0 Å². The number of thiazole rings is 1. The lowest BCUT2D eigenvalue weighted by Gasteiger charge is -2.22. The number of carbonyl (C=O) groups excluding carboxylic acids is 1. The molecular weight excluding hydrogens is 424 g/mol. The smallest absolute Gasteiger partial charge is 0.329 e. The van der Waals surface area contributed by atoms with Crippen LogP contribution in [0.3, 0.4) is 0 Å². The van der Waals surface area contributed by atoms with Gasteiger partial charge in [-0.05, 0) is 30.5 Å². The summed E-state index contributed by atoms with van der Waals surface area (Å²) in [5.74, 6) is -0.170. The van der Waals surface area contributed by atoms with E-state index >= 15 is 0 Å². The standard InChI is InChI=1S/C21H19BrN2O2S/c22-17-10-8-16(9-11-17)18-14-27-21(23-18)24-12-4-7-19(24)20(25)26-13-15-5-2-1-3-6-15/h1-3,5-6,8-11,14,19H,4,7,12-13H2. The Labute approximate surface area is 170 Å². The molecule has 0 saturated carbocycles. The molecule has 0 radical (unpaired) electrons. The van der Waals surface area contributed by atoms with Crippen LogP contribution in [0.25, 0.3) is 11.3 Å². The molecule has 1 fully saturated rings. The first-order valence-corrected chi connectivity index (χ1v) is 10.6. The van der Waals surface area contributed by atoms with Crippen LogP contribution in [0.1, 0.15) is 18.4 Å². The van der Waals surface area contributed by atoms with Gasteiger partial charge in [-0.25, -0.2) is 9.78 Å². The van der Waals surface area contributed by atoms with Crippen molar-refractivity contribution in [1.82, 2.24) is 4.98 Å². The van der Waals surface area contributed by atoms with Gasteiger partial charge in [-0.2, -0.15) is 0 Å². The van der Waals surface area contributed by atoms with Crippen molar-refractivity contribution in [1.29, 1.82) is 0 Å². The van der Waals surface area contributed by atoms with Crippen LogP contribution in [0, 0.1) is 0 Å². The van der Waals surface area contributed by atoms with Crippen LogP contribution >= 0.6 is 27.3 Å². The SMILES string of the molecule is O=C(OCc1ccccc1)C1CCCN1c1nc(-c2ccc(Br)cc2)cs1. The van der Waals surface area contributed by atoms with E-state index in [2.05, 4.69) is 20.8 Å². The zero-order valence-corrected chi connectivity index (χ0v) is 17.1. The van der Waals surface area contributed by atoms with E-state index in [4.69, 9.17) is 9.72 Å². The van der Waals surface area contributed by atoms with Crippen LogP contribution in [-0.2, 0) is 16.1 Å². The lowest BCUT2D eigenvalue weighted by molar-refractivity contribution is -0.146. The lowest BCUT2D eigenvalue weighted by Crippen LogP contribution is -2.37. The van der Waals surface area contributed by atoms with Crippen LogP contribution in [-0.4, -0.2) is 23.5 Å². The number of carbonyl (C=O) groups is 1. The zero-order chi connectivity index (χ0) is 18.6. The van der Waals surface area contributed by atoms with Gasteiger partial charge in [0.2, 0.25) is 0 Å². The van der Waals surface area contributed by atoms with E-state index in [1.807, 2.05) is 60.0 Å². The molecule has 0 aliphatic carbocycles. The molecule has 4 rings (SSSR count). The fourth-order valence-corrected chi connectivity index (χ4v) is 4.39. The van der Waals surface area contributed by atoms with Crippen molar-refractivity contribution < 1.29 is 9.53 Å². The third kappa shape index (κ3) is 4.22. The Morgan fingerprint density at radius 1 is 1.19 bits per heavy atom. The quantitative estimate of drug-likeness (QED) is 0.503. The fourth-order valence-electron chi connectivity index (χ4n) is 3.22. The first-order valence-electron chi connectivity index (χ1n) is 8.89. The molecule has 3 aromatic rings. The summed E-state index contributed by atoms with van der Waals surface area (Å²) in [7, 11) is 0. The van der Waals surface area contributed by atoms with Gasteiger partial charge in [-0.1, -0.05) is 58.4 Å². The average Bonchev–Trinajstić information content (AvgIpc) is 3.37. The van der Waals surface area contributed by atoms with E-state index in [0.29, 0.717) is 6.61 Å². The second-order valence-corrected chi connectivity index (χ2v) is 8.22. The van der Waals surface area contributed by atoms with Gasteiger partial charge in [0, 0.05) is 22.0 Å². The highest BCUT2D eigenvalue weighted by atomic mass is 79.9. The monoisotopic (exact) mass is 442 g/mol. The topological polar surface area (TPSA) is 42.4 Å². The minimum Gasteiger partial charge on any atom is -0.459 e. The van der Waals surface area contributed by atoms with Crippen molar-refractivity contribution >= 4 is 38.4 Å². The van der Waals surface area contributed by atoms with Crippen LogP contribution in [0.4, 0.5) is 5.13 Å². The van der Waals surface area contributed by atoms with E-state index in [0.717, 1.165) is 45.8 Å². The molecule has 0 N–H and O–H groups in total. The highest BCUT2D eigenvalue weighted by Crippen LogP contribution is 2.33. The average molecular weight is 443 g/mol. The van der Waals surface area contributed by atoms with Crippen LogP contribution in [0.15, 0.2) is 64.5 Å². The predicted molar refractivity (Wildman–Crippen MR) is 112 cm³/mol. The molecule has 0 amide bonds. The zero-order valence-electron chi connectivity index (χ0n) is 14.7. The Kier molecular flexibility index (Phi) is 5.55. The van der Waals surface area contributed by atoms with Crippen LogP contribution in [0.5, 0.6) is 0 Å². The van der Waals surface area contributed by atoms with Gasteiger partial charge in [-0.3, -0.25) is 0 Å². The van der Waals surface area contributed by atoms with E-state index in [-0.39, 0.29) is 12.0 Å². The molecule has 1 atom stereocenters. The van der Waals surface area contributed by atoms with Crippen molar-refractivity contribution in [2.24, 2.45) is 0 Å². The Morgan fingerprint density at radius 3 is 2.74 bits per heavy atom. The van der Waals surface area contributed by atoms with Gasteiger partial charge in [-0.15, -0.1) is 11.3 Å². The summed E-state index contributed by atoms with van der Waals surface area (Å²) in [5, 5.41) is 2.93. The Hall–Kier alpha value is -2.18. The van der Waals surface area contributed by atoms with Crippen molar-refractivity contribution in [2.45, 2.75) is 25.5 Å². The predicted octanol–water partition coefficient (Wildman–Crippen LogP) is 5.28. The number of rotatable bonds is 5. The normalized spacial score (nSPS) is 16.5. The molecule has 2 aromatic carbocycles. The number of hydrogen-bond acceptors (Lipinski definition) is 5. The van der Waals surface area contributed by atoms with Gasteiger partial charge in [0.05, 0.1) is 5.69 Å².